The molecule has 1 aromatic rings. The number of carbonyl (C=O) groups is 3. The van der Waals surface area contributed by atoms with Crippen molar-refractivity contribution in [1.29, 1.82) is 0 Å². The number of benzene rings is 1. The lowest BCUT2D eigenvalue weighted by Crippen LogP contribution is -2.51. The largest absolute Gasteiger partial charge is 0.478 e. The number of aromatic carboxylic acids is 1. The SMILES string of the molecule is O=C1CN(C(=O)Nc2cc(F)ccc2C(=O)O)CCN1. The minimum Gasteiger partial charge on any atom is -0.478 e. The topological polar surface area (TPSA) is 98.7 Å². The van der Waals surface area contributed by atoms with Crippen LogP contribution < -0.4 is 10.6 Å². The van der Waals surface area contributed by atoms with Crippen LogP contribution in [0.3, 0.4) is 0 Å². The van der Waals surface area contributed by atoms with Crippen molar-refractivity contribution in [3.8, 4) is 0 Å². The molecule has 0 aliphatic carbocycles. The molecule has 0 atom stereocenters. The molecule has 0 bridgehead atoms. The van der Waals surface area contributed by atoms with Crippen LogP contribution in [0.15, 0.2) is 18.2 Å². The molecule has 8 heteroatoms. The molecule has 0 spiro atoms. The number of nitrogens with one attached hydrogen (secondary N) is 2. The van der Waals surface area contributed by atoms with E-state index in [4.69, 9.17) is 5.11 Å². The molecule has 3 N–H and O–H groups in total. The Morgan fingerprint density at radius 1 is 1.40 bits per heavy atom. The zero-order valence-corrected chi connectivity index (χ0v) is 10.4. The van der Waals surface area contributed by atoms with Crippen molar-refractivity contribution < 1.29 is 23.9 Å². The van der Waals surface area contributed by atoms with Crippen LogP contribution in [-0.4, -0.2) is 47.5 Å². The van der Waals surface area contributed by atoms with E-state index < -0.39 is 17.8 Å². The van der Waals surface area contributed by atoms with Gasteiger partial charge in [-0.25, -0.2) is 14.0 Å². The molecule has 1 aliphatic heterocycles. The number of halogens is 1. The minimum atomic E-state index is -1.28. The lowest BCUT2D eigenvalue weighted by atomic mass is 10.1. The standard InChI is InChI=1S/C12H12FN3O4/c13-7-1-2-8(11(18)19)9(5-7)15-12(20)16-4-3-14-10(17)6-16/h1-2,5H,3-4,6H2,(H,14,17)(H,15,20)(H,18,19). The highest BCUT2D eigenvalue weighted by Gasteiger charge is 2.22. The van der Waals surface area contributed by atoms with E-state index in [0.717, 1.165) is 18.2 Å². The number of nitrogens with zero attached hydrogens (tertiary/aromatic N) is 1. The van der Waals surface area contributed by atoms with Gasteiger partial charge in [-0.15, -0.1) is 0 Å². The number of hydrogen-bond acceptors (Lipinski definition) is 3. The van der Waals surface area contributed by atoms with E-state index in [9.17, 15) is 18.8 Å². The normalized spacial score (nSPS) is 14.7. The van der Waals surface area contributed by atoms with E-state index in [0.29, 0.717) is 13.1 Å². The Bertz CT molecular complexity index is 576. The molecule has 0 saturated carbocycles. The van der Waals surface area contributed by atoms with Crippen LogP contribution in [0.1, 0.15) is 10.4 Å². The summed E-state index contributed by atoms with van der Waals surface area (Å²) < 4.78 is 13.1. The van der Waals surface area contributed by atoms with Gasteiger partial charge < -0.3 is 20.6 Å². The molecule has 1 heterocycles. The average Bonchev–Trinajstić information content (AvgIpc) is 2.38. The summed E-state index contributed by atoms with van der Waals surface area (Å²) in [6, 6.07) is 2.34. The summed E-state index contributed by atoms with van der Waals surface area (Å²) in [6.07, 6.45) is 0. The smallest absolute Gasteiger partial charge is 0.337 e. The second kappa shape index (κ2) is 5.55. The van der Waals surface area contributed by atoms with Crippen molar-refractivity contribution in [3.05, 3.63) is 29.6 Å². The third-order valence-electron chi connectivity index (χ3n) is 2.78. The monoisotopic (exact) mass is 281 g/mol. The number of carboxylic acid groups (broad SMARTS) is 1. The molecule has 1 aliphatic rings. The average molecular weight is 281 g/mol. The van der Waals surface area contributed by atoms with Gasteiger partial charge in [-0.2, -0.15) is 0 Å². The summed E-state index contributed by atoms with van der Waals surface area (Å²) in [5.74, 6) is -2.25. The van der Waals surface area contributed by atoms with Crippen LogP contribution in [0, 0.1) is 5.82 Å². The Balaban J connectivity index is 2.16. The molecule has 0 radical (unpaired) electrons. The number of amides is 3. The van der Waals surface area contributed by atoms with E-state index in [1.807, 2.05) is 0 Å². The van der Waals surface area contributed by atoms with Crippen molar-refractivity contribution in [2.75, 3.05) is 25.0 Å². The van der Waals surface area contributed by atoms with E-state index in [1.165, 1.54) is 4.90 Å². The van der Waals surface area contributed by atoms with Gasteiger partial charge in [0.15, 0.2) is 0 Å². The molecule has 2 rings (SSSR count). The number of carbonyl (C=O) groups excluding carboxylic acids is 2. The zero-order chi connectivity index (χ0) is 14.7. The fourth-order valence-corrected chi connectivity index (χ4v) is 1.81. The second-order valence-electron chi connectivity index (χ2n) is 4.20. The Morgan fingerprint density at radius 3 is 2.80 bits per heavy atom. The van der Waals surface area contributed by atoms with Crippen LogP contribution in [0.2, 0.25) is 0 Å². The van der Waals surface area contributed by atoms with Crippen molar-refractivity contribution in [2.24, 2.45) is 0 Å². The summed E-state index contributed by atoms with van der Waals surface area (Å²) in [5, 5.41) is 13.8. The lowest BCUT2D eigenvalue weighted by molar-refractivity contribution is -0.123. The first-order chi connectivity index (χ1) is 9.47. The zero-order valence-electron chi connectivity index (χ0n) is 10.4. The molecular formula is C12H12FN3O4. The predicted molar refractivity (Wildman–Crippen MR) is 67.0 cm³/mol. The summed E-state index contributed by atoms with van der Waals surface area (Å²) in [4.78, 5) is 35.3. The third-order valence-corrected chi connectivity index (χ3v) is 2.78. The number of rotatable bonds is 2. The Labute approximate surface area is 113 Å². The first-order valence-corrected chi connectivity index (χ1v) is 5.83. The molecule has 1 fully saturated rings. The van der Waals surface area contributed by atoms with Crippen LogP contribution >= 0.6 is 0 Å². The van der Waals surface area contributed by atoms with Crippen LogP contribution in [0.4, 0.5) is 14.9 Å². The summed E-state index contributed by atoms with van der Waals surface area (Å²) in [5.41, 5.74) is -0.366. The number of carboxylic acids is 1. The van der Waals surface area contributed by atoms with Crippen LogP contribution in [-0.2, 0) is 4.79 Å². The Morgan fingerprint density at radius 2 is 2.15 bits per heavy atom. The van der Waals surface area contributed by atoms with Crippen molar-refractivity contribution >= 4 is 23.6 Å². The molecule has 0 unspecified atom stereocenters. The Hall–Kier alpha value is -2.64. The van der Waals surface area contributed by atoms with Gasteiger partial charge in [0.05, 0.1) is 11.3 Å². The van der Waals surface area contributed by atoms with Gasteiger partial charge in [0.25, 0.3) is 0 Å². The first kappa shape index (κ1) is 13.8. The number of piperazine rings is 1. The highest BCUT2D eigenvalue weighted by molar-refractivity contribution is 6.00. The van der Waals surface area contributed by atoms with Gasteiger partial charge in [0.1, 0.15) is 12.4 Å². The third kappa shape index (κ3) is 3.02. The maximum absolute atomic E-state index is 13.1. The van der Waals surface area contributed by atoms with Gasteiger partial charge in [-0.05, 0) is 18.2 Å². The Kier molecular flexibility index (Phi) is 3.83. The predicted octanol–water partition coefficient (Wildman–Crippen LogP) is 0.488. The van der Waals surface area contributed by atoms with Gasteiger partial charge in [0.2, 0.25) is 5.91 Å². The maximum Gasteiger partial charge on any atom is 0.337 e. The highest BCUT2D eigenvalue weighted by Crippen LogP contribution is 2.18. The maximum atomic E-state index is 13.1. The van der Waals surface area contributed by atoms with E-state index in [1.54, 1.807) is 0 Å². The molecule has 1 aromatic carbocycles. The molecule has 7 nitrogen and oxygen atoms in total. The molecule has 20 heavy (non-hydrogen) atoms. The highest BCUT2D eigenvalue weighted by atomic mass is 19.1. The van der Waals surface area contributed by atoms with E-state index in [2.05, 4.69) is 10.6 Å². The first-order valence-electron chi connectivity index (χ1n) is 5.83. The minimum absolute atomic E-state index is 0.121. The quantitative estimate of drug-likeness (QED) is 0.734. The van der Waals surface area contributed by atoms with Crippen LogP contribution in [0.5, 0.6) is 0 Å². The van der Waals surface area contributed by atoms with Crippen molar-refractivity contribution in [2.45, 2.75) is 0 Å². The fourth-order valence-electron chi connectivity index (χ4n) is 1.81. The van der Waals surface area contributed by atoms with Crippen molar-refractivity contribution in [3.63, 3.8) is 0 Å². The van der Waals surface area contributed by atoms with Gasteiger partial charge in [-0.3, -0.25) is 4.79 Å². The number of urea groups is 1. The molecule has 0 aromatic heterocycles. The molecule has 3 amide bonds. The second-order valence-corrected chi connectivity index (χ2v) is 4.20. The number of hydrogen-bond donors (Lipinski definition) is 3. The van der Waals surface area contributed by atoms with E-state index >= 15 is 0 Å². The fraction of sp³-hybridized carbons (Fsp3) is 0.250. The molecule has 106 valence electrons. The van der Waals surface area contributed by atoms with Gasteiger partial charge in [0, 0.05) is 13.1 Å². The molecular weight excluding hydrogens is 269 g/mol. The summed E-state index contributed by atoms with van der Waals surface area (Å²) in [7, 11) is 0. The van der Waals surface area contributed by atoms with E-state index in [-0.39, 0.29) is 23.7 Å². The lowest BCUT2D eigenvalue weighted by Gasteiger charge is -2.27. The van der Waals surface area contributed by atoms with Crippen LogP contribution in [0.25, 0.3) is 0 Å². The van der Waals surface area contributed by atoms with Gasteiger partial charge >= 0.3 is 12.0 Å². The molecule has 1 saturated heterocycles. The van der Waals surface area contributed by atoms with Crippen molar-refractivity contribution in [1.82, 2.24) is 10.2 Å². The van der Waals surface area contributed by atoms with Gasteiger partial charge in [-0.1, -0.05) is 0 Å². The summed E-state index contributed by atoms with van der Waals surface area (Å²) >= 11 is 0. The number of anilines is 1. The summed E-state index contributed by atoms with van der Waals surface area (Å²) in [6.45, 7) is 0.500.